The Hall–Kier alpha value is -1.71. The molecule has 8 nitrogen and oxygen atoms in total. The van der Waals surface area contributed by atoms with E-state index < -0.39 is 37.3 Å². The van der Waals surface area contributed by atoms with E-state index in [1.54, 1.807) is 24.3 Å². The fourth-order valence-electron chi connectivity index (χ4n) is 3.74. The minimum atomic E-state index is -1.49. The molecular weight excluding hydrogens is 414 g/mol. The van der Waals surface area contributed by atoms with Gasteiger partial charge in [0.2, 0.25) is 12.2 Å². The van der Waals surface area contributed by atoms with Gasteiger partial charge in [0.15, 0.2) is 0 Å². The van der Waals surface area contributed by atoms with Gasteiger partial charge in [0.1, 0.15) is 30.2 Å². The first-order valence-electron chi connectivity index (χ1n) is 11.8. The first kappa shape index (κ1) is 26.5. The lowest BCUT2D eigenvalue weighted by Gasteiger charge is -2.39. The molecule has 0 saturated carbocycles. The molecular formula is C24H39NO7. The summed E-state index contributed by atoms with van der Waals surface area (Å²) in [6.45, 7) is 1.70. The molecule has 1 saturated heterocycles. The molecule has 1 aromatic rings. The van der Waals surface area contributed by atoms with Gasteiger partial charge in [0.05, 0.1) is 6.61 Å². The van der Waals surface area contributed by atoms with Crippen LogP contribution >= 0.6 is 0 Å². The quantitative estimate of drug-likeness (QED) is 0.274. The Balaban J connectivity index is 1.67. The van der Waals surface area contributed by atoms with Crippen molar-refractivity contribution in [2.24, 2.45) is 0 Å². The zero-order valence-electron chi connectivity index (χ0n) is 19.0. The highest BCUT2D eigenvalue weighted by molar-refractivity contribution is 5.90. The average Bonchev–Trinajstić information content (AvgIpc) is 2.79. The second-order valence-electron chi connectivity index (χ2n) is 8.47. The molecule has 5 atom stereocenters. The lowest BCUT2D eigenvalue weighted by atomic mass is 9.99. The summed E-state index contributed by atoms with van der Waals surface area (Å²) in [5, 5.41) is 41.8. The molecule has 0 aliphatic carbocycles. The summed E-state index contributed by atoms with van der Waals surface area (Å²) in [5.41, 5.74) is 0.632. The Morgan fingerprint density at radius 3 is 2.09 bits per heavy atom. The number of benzene rings is 1. The van der Waals surface area contributed by atoms with E-state index in [-0.39, 0.29) is 5.91 Å². The van der Waals surface area contributed by atoms with Crippen molar-refractivity contribution in [3.63, 3.8) is 0 Å². The van der Waals surface area contributed by atoms with Crippen LogP contribution in [0.3, 0.4) is 0 Å². The van der Waals surface area contributed by atoms with E-state index in [2.05, 4.69) is 12.2 Å². The third kappa shape index (κ3) is 8.67. The van der Waals surface area contributed by atoms with Crippen LogP contribution in [0.5, 0.6) is 5.75 Å². The Labute approximate surface area is 190 Å². The lowest BCUT2D eigenvalue weighted by Crippen LogP contribution is -2.60. The Morgan fingerprint density at radius 1 is 0.906 bits per heavy atom. The zero-order chi connectivity index (χ0) is 23.3. The number of rotatable bonds is 14. The van der Waals surface area contributed by atoms with Gasteiger partial charge in [-0.05, 0) is 30.7 Å². The summed E-state index contributed by atoms with van der Waals surface area (Å²) in [6, 6.07) is 6.56. The van der Waals surface area contributed by atoms with Crippen molar-refractivity contribution < 1.29 is 34.7 Å². The van der Waals surface area contributed by atoms with Crippen molar-refractivity contribution in [2.45, 2.75) is 102 Å². The van der Waals surface area contributed by atoms with Crippen molar-refractivity contribution in [2.75, 3.05) is 11.9 Å². The third-order valence-corrected chi connectivity index (χ3v) is 5.75. The fraction of sp³-hybridized carbons (Fsp3) is 0.708. The average molecular weight is 454 g/mol. The number of carbonyl (C=O) groups excluding carboxylic acids is 1. The molecule has 0 radical (unpaired) electrons. The maximum Gasteiger partial charge on any atom is 0.229 e. The molecule has 1 aliphatic rings. The number of carbonyl (C=O) groups is 1. The van der Waals surface area contributed by atoms with E-state index in [1.807, 2.05) is 0 Å². The van der Waals surface area contributed by atoms with Crippen molar-refractivity contribution in [3.05, 3.63) is 24.3 Å². The number of aliphatic hydroxyl groups is 4. The number of anilines is 1. The molecule has 0 unspecified atom stereocenters. The number of ether oxygens (including phenoxy) is 2. The molecule has 0 spiro atoms. The Morgan fingerprint density at radius 2 is 1.50 bits per heavy atom. The van der Waals surface area contributed by atoms with Crippen LogP contribution in [0, 0.1) is 0 Å². The van der Waals surface area contributed by atoms with Gasteiger partial charge in [-0.2, -0.15) is 0 Å². The predicted molar refractivity (Wildman–Crippen MR) is 121 cm³/mol. The van der Waals surface area contributed by atoms with Crippen LogP contribution in [0.1, 0.15) is 71.1 Å². The fourth-order valence-corrected chi connectivity index (χ4v) is 3.74. The number of hydrogen-bond donors (Lipinski definition) is 5. The summed E-state index contributed by atoms with van der Waals surface area (Å²) < 4.78 is 10.9. The molecule has 0 bridgehead atoms. The minimum absolute atomic E-state index is 0.0319. The molecule has 0 aromatic heterocycles. The summed E-state index contributed by atoms with van der Waals surface area (Å²) in [5.74, 6) is 0.321. The van der Waals surface area contributed by atoms with E-state index in [0.29, 0.717) is 17.9 Å². The molecule has 1 aliphatic heterocycles. The number of amides is 1. The molecule has 182 valence electrons. The van der Waals surface area contributed by atoms with Gasteiger partial charge in [-0.25, -0.2) is 0 Å². The van der Waals surface area contributed by atoms with Crippen LogP contribution in [-0.2, 0) is 9.53 Å². The molecule has 1 heterocycles. The summed E-state index contributed by atoms with van der Waals surface area (Å²) in [4.78, 5) is 12.1. The molecule has 1 fully saturated rings. The second-order valence-corrected chi connectivity index (χ2v) is 8.47. The second kappa shape index (κ2) is 14.4. The third-order valence-electron chi connectivity index (χ3n) is 5.75. The largest absolute Gasteiger partial charge is 0.462 e. The highest BCUT2D eigenvalue weighted by atomic mass is 16.7. The predicted octanol–water partition coefficient (Wildman–Crippen LogP) is 2.72. The van der Waals surface area contributed by atoms with Crippen molar-refractivity contribution in [1.82, 2.24) is 0 Å². The van der Waals surface area contributed by atoms with Gasteiger partial charge in [-0.3, -0.25) is 4.79 Å². The van der Waals surface area contributed by atoms with Crippen LogP contribution in [0.2, 0.25) is 0 Å². The maximum atomic E-state index is 12.1. The van der Waals surface area contributed by atoms with Crippen LogP contribution in [0.4, 0.5) is 5.69 Å². The molecule has 5 N–H and O–H groups in total. The molecule has 1 amide bonds. The lowest BCUT2D eigenvalue weighted by molar-refractivity contribution is -0.277. The van der Waals surface area contributed by atoms with Gasteiger partial charge >= 0.3 is 0 Å². The van der Waals surface area contributed by atoms with Crippen LogP contribution < -0.4 is 10.1 Å². The first-order valence-corrected chi connectivity index (χ1v) is 11.8. The van der Waals surface area contributed by atoms with Gasteiger partial charge in [0.25, 0.3) is 0 Å². The van der Waals surface area contributed by atoms with Crippen LogP contribution in [0.25, 0.3) is 0 Å². The highest BCUT2D eigenvalue weighted by Crippen LogP contribution is 2.25. The van der Waals surface area contributed by atoms with Gasteiger partial charge in [-0.1, -0.05) is 58.3 Å². The zero-order valence-corrected chi connectivity index (χ0v) is 19.0. The normalized spacial score (nSPS) is 25.5. The summed E-state index contributed by atoms with van der Waals surface area (Å²) in [7, 11) is 0. The van der Waals surface area contributed by atoms with E-state index in [4.69, 9.17) is 9.47 Å². The van der Waals surface area contributed by atoms with Gasteiger partial charge < -0.3 is 35.2 Å². The first-order chi connectivity index (χ1) is 15.5. The minimum Gasteiger partial charge on any atom is -0.462 e. The number of unbranched alkanes of at least 4 members (excludes halogenated alkanes) is 8. The van der Waals surface area contributed by atoms with Crippen molar-refractivity contribution >= 4 is 11.6 Å². The number of nitrogens with one attached hydrogen (secondary N) is 1. The molecule has 2 rings (SSSR count). The Bertz CT molecular complexity index is 652. The Kier molecular flexibility index (Phi) is 12.0. The SMILES string of the molecule is CCCCCCCCCCCC(=O)Nc1ccc(O[C@H]2O[C@H](CO)[C@@H](O)[C@H](O)[C@H]2O)cc1. The van der Waals surface area contributed by atoms with E-state index >= 15 is 0 Å². The van der Waals surface area contributed by atoms with Crippen molar-refractivity contribution in [3.8, 4) is 5.75 Å². The van der Waals surface area contributed by atoms with Gasteiger partial charge in [-0.15, -0.1) is 0 Å². The van der Waals surface area contributed by atoms with E-state index in [9.17, 15) is 25.2 Å². The molecule has 32 heavy (non-hydrogen) atoms. The van der Waals surface area contributed by atoms with Gasteiger partial charge in [0, 0.05) is 12.1 Å². The highest BCUT2D eigenvalue weighted by Gasteiger charge is 2.44. The molecule has 1 aromatic carbocycles. The molecule has 8 heteroatoms. The van der Waals surface area contributed by atoms with E-state index in [0.717, 1.165) is 12.8 Å². The van der Waals surface area contributed by atoms with Crippen molar-refractivity contribution in [1.29, 1.82) is 0 Å². The smallest absolute Gasteiger partial charge is 0.229 e. The summed E-state index contributed by atoms with van der Waals surface area (Å²) >= 11 is 0. The van der Waals surface area contributed by atoms with Crippen LogP contribution in [-0.4, -0.2) is 63.6 Å². The topological polar surface area (TPSA) is 128 Å². The summed E-state index contributed by atoms with van der Waals surface area (Å²) in [6.07, 6.45) is 4.67. The monoisotopic (exact) mass is 453 g/mol. The maximum absolute atomic E-state index is 12.1. The standard InChI is InChI=1S/C24H39NO7/c1-2-3-4-5-6-7-8-9-10-11-20(27)25-17-12-14-18(15-13-17)31-24-23(30)22(29)21(28)19(16-26)32-24/h12-15,19,21-24,26,28-30H,2-11,16H2,1H3,(H,25,27)/t19-,21-,22+,23-,24+/m1/s1. The van der Waals surface area contributed by atoms with E-state index in [1.165, 1.54) is 44.9 Å². The number of aliphatic hydroxyl groups excluding tert-OH is 4. The van der Waals surface area contributed by atoms with Crippen LogP contribution in [0.15, 0.2) is 24.3 Å². The number of hydrogen-bond acceptors (Lipinski definition) is 7.